The number of nitrogens with zero attached hydrogens (tertiary/aromatic N) is 1. The van der Waals surface area contributed by atoms with Crippen molar-refractivity contribution in [1.82, 2.24) is 4.57 Å². The molecule has 17 heavy (non-hydrogen) atoms. The topological polar surface area (TPSA) is 51.5 Å². The van der Waals surface area contributed by atoms with E-state index in [1.165, 1.54) is 0 Å². The molecule has 0 bridgehead atoms. The van der Waals surface area contributed by atoms with Crippen LogP contribution in [0, 0.1) is 5.92 Å². The number of aliphatic carboxylic acids is 1. The van der Waals surface area contributed by atoms with Crippen LogP contribution in [0.5, 0.6) is 5.75 Å². The van der Waals surface area contributed by atoms with E-state index in [9.17, 15) is 4.79 Å². The van der Waals surface area contributed by atoms with Crippen molar-refractivity contribution in [2.45, 2.75) is 13.0 Å². The lowest BCUT2D eigenvalue weighted by Gasteiger charge is -2.07. The number of para-hydroxylation sites is 1. The molecule has 0 saturated carbocycles. The van der Waals surface area contributed by atoms with Crippen LogP contribution in [-0.2, 0) is 17.8 Å². The first kappa shape index (κ1) is 10.2. The van der Waals surface area contributed by atoms with Gasteiger partial charge in [-0.2, -0.15) is 0 Å². The first-order chi connectivity index (χ1) is 8.20. The van der Waals surface area contributed by atoms with Crippen molar-refractivity contribution in [3.63, 3.8) is 0 Å². The van der Waals surface area contributed by atoms with Gasteiger partial charge in [-0.15, -0.1) is 0 Å². The third kappa shape index (κ3) is 1.40. The lowest BCUT2D eigenvalue weighted by Crippen LogP contribution is -2.14. The molecule has 4 nitrogen and oxygen atoms in total. The quantitative estimate of drug-likeness (QED) is 0.858. The number of rotatable bonds is 2. The van der Waals surface area contributed by atoms with Crippen LogP contribution in [0.15, 0.2) is 24.3 Å². The molecule has 2 aromatic rings. The number of hydrogen-bond donors (Lipinski definition) is 1. The van der Waals surface area contributed by atoms with Crippen molar-refractivity contribution < 1.29 is 14.6 Å². The van der Waals surface area contributed by atoms with Gasteiger partial charge < -0.3 is 14.4 Å². The minimum atomic E-state index is -0.725. The number of carbonyl (C=O) groups is 1. The second kappa shape index (κ2) is 3.52. The molecule has 1 aromatic carbocycles. The highest BCUT2D eigenvalue weighted by Crippen LogP contribution is 2.34. The van der Waals surface area contributed by atoms with E-state index in [0.717, 1.165) is 22.3 Å². The fourth-order valence-corrected chi connectivity index (χ4v) is 2.59. The van der Waals surface area contributed by atoms with Crippen LogP contribution in [0.3, 0.4) is 0 Å². The Labute approximate surface area is 98.4 Å². The molecule has 0 saturated heterocycles. The minimum Gasteiger partial charge on any atom is -0.495 e. The summed E-state index contributed by atoms with van der Waals surface area (Å²) in [5.41, 5.74) is 2.09. The summed E-state index contributed by atoms with van der Waals surface area (Å²) >= 11 is 0. The van der Waals surface area contributed by atoms with Gasteiger partial charge in [0.2, 0.25) is 0 Å². The monoisotopic (exact) mass is 231 g/mol. The highest BCUT2D eigenvalue weighted by atomic mass is 16.5. The van der Waals surface area contributed by atoms with E-state index in [-0.39, 0.29) is 5.92 Å². The van der Waals surface area contributed by atoms with Gasteiger partial charge in [0.15, 0.2) is 0 Å². The first-order valence-electron chi connectivity index (χ1n) is 5.58. The van der Waals surface area contributed by atoms with Gasteiger partial charge in [-0.1, -0.05) is 12.1 Å². The maximum atomic E-state index is 11.0. The van der Waals surface area contributed by atoms with E-state index in [1.807, 2.05) is 18.2 Å². The summed E-state index contributed by atoms with van der Waals surface area (Å²) in [4.78, 5) is 11.0. The maximum Gasteiger partial charge on any atom is 0.308 e. The van der Waals surface area contributed by atoms with Crippen LogP contribution in [0.2, 0.25) is 0 Å². The number of benzene rings is 1. The molecule has 1 aliphatic heterocycles. The largest absolute Gasteiger partial charge is 0.495 e. The molecule has 0 aliphatic carbocycles. The van der Waals surface area contributed by atoms with E-state index in [4.69, 9.17) is 9.84 Å². The Hall–Kier alpha value is -1.97. The van der Waals surface area contributed by atoms with Crippen LogP contribution < -0.4 is 4.74 Å². The van der Waals surface area contributed by atoms with Crippen molar-refractivity contribution in [3.05, 3.63) is 30.0 Å². The molecule has 4 heteroatoms. The molecule has 1 atom stereocenters. The fourth-order valence-electron chi connectivity index (χ4n) is 2.59. The Morgan fingerprint density at radius 2 is 2.35 bits per heavy atom. The van der Waals surface area contributed by atoms with E-state index in [0.29, 0.717) is 13.0 Å². The molecule has 1 aromatic heterocycles. The van der Waals surface area contributed by atoms with Gasteiger partial charge in [0, 0.05) is 24.0 Å². The molecule has 0 fully saturated rings. The maximum absolute atomic E-state index is 11.0. The van der Waals surface area contributed by atoms with Gasteiger partial charge in [-0.25, -0.2) is 0 Å². The van der Waals surface area contributed by atoms with Gasteiger partial charge in [0.05, 0.1) is 18.5 Å². The molecule has 0 spiro atoms. The lowest BCUT2D eigenvalue weighted by molar-refractivity contribution is -0.141. The smallest absolute Gasteiger partial charge is 0.308 e. The normalized spacial score (nSPS) is 18.3. The molecule has 88 valence electrons. The Balaban J connectivity index is 2.16. The molecule has 1 unspecified atom stereocenters. The average molecular weight is 231 g/mol. The van der Waals surface area contributed by atoms with Crippen LogP contribution in [0.25, 0.3) is 10.9 Å². The molecular weight excluding hydrogens is 218 g/mol. The Kier molecular flexibility index (Phi) is 2.11. The average Bonchev–Trinajstić information content (AvgIpc) is 2.84. The molecule has 2 heterocycles. The zero-order valence-electron chi connectivity index (χ0n) is 9.51. The Morgan fingerprint density at radius 1 is 1.53 bits per heavy atom. The van der Waals surface area contributed by atoms with Crippen LogP contribution in [-0.4, -0.2) is 22.8 Å². The Bertz CT molecular complexity index is 600. The number of carboxylic acid groups (broad SMARTS) is 1. The lowest BCUT2D eigenvalue weighted by atomic mass is 10.1. The summed E-state index contributed by atoms with van der Waals surface area (Å²) in [5, 5.41) is 10.2. The van der Waals surface area contributed by atoms with Crippen molar-refractivity contribution in [1.29, 1.82) is 0 Å². The number of methoxy groups -OCH3 is 1. The third-order valence-corrected chi connectivity index (χ3v) is 3.40. The van der Waals surface area contributed by atoms with Crippen molar-refractivity contribution >= 4 is 16.9 Å². The SMILES string of the molecule is COc1cccc2cc3n(c12)CC(C(=O)O)C3. The van der Waals surface area contributed by atoms with Gasteiger partial charge >= 0.3 is 5.97 Å². The number of ether oxygens (including phenoxy) is 1. The molecular formula is C13H13NO3. The number of aromatic nitrogens is 1. The minimum absolute atomic E-state index is 0.306. The standard InChI is InChI=1S/C13H13NO3/c1-17-11-4-2-3-8-5-10-6-9(13(15)16)7-14(10)12(8)11/h2-5,9H,6-7H2,1H3,(H,15,16). The number of carboxylic acids is 1. The summed E-state index contributed by atoms with van der Waals surface area (Å²) < 4.78 is 7.40. The predicted molar refractivity (Wildman–Crippen MR) is 63.3 cm³/mol. The van der Waals surface area contributed by atoms with Gasteiger partial charge in [0.1, 0.15) is 5.75 Å². The zero-order chi connectivity index (χ0) is 12.0. The fraction of sp³-hybridized carbons (Fsp3) is 0.308. The van der Waals surface area contributed by atoms with Gasteiger partial charge in [-0.05, 0) is 12.1 Å². The van der Waals surface area contributed by atoms with Crippen molar-refractivity contribution in [2.24, 2.45) is 5.92 Å². The second-order valence-corrected chi connectivity index (χ2v) is 4.38. The summed E-state index contributed by atoms with van der Waals surface area (Å²) in [7, 11) is 1.64. The van der Waals surface area contributed by atoms with Crippen LogP contribution in [0.1, 0.15) is 5.69 Å². The van der Waals surface area contributed by atoms with Gasteiger partial charge in [-0.3, -0.25) is 4.79 Å². The second-order valence-electron chi connectivity index (χ2n) is 4.38. The number of hydrogen-bond acceptors (Lipinski definition) is 2. The van der Waals surface area contributed by atoms with Crippen LogP contribution in [0.4, 0.5) is 0 Å². The van der Waals surface area contributed by atoms with Gasteiger partial charge in [0.25, 0.3) is 0 Å². The summed E-state index contributed by atoms with van der Waals surface area (Å²) in [6.07, 6.45) is 0.604. The zero-order valence-corrected chi connectivity index (χ0v) is 9.51. The highest BCUT2D eigenvalue weighted by molar-refractivity contribution is 5.88. The van der Waals surface area contributed by atoms with Crippen LogP contribution >= 0.6 is 0 Å². The molecule has 0 amide bonds. The van der Waals surface area contributed by atoms with E-state index in [2.05, 4.69) is 10.6 Å². The molecule has 0 radical (unpaired) electrons. The molecule has 1 aliphatic rings. The first-order valence-corrected chi connectivity index (χ1v) is 5.58. The summed E-state index contributed by atoms with van der Waals surface area (Å²) in [6.45, 7) is 0.536. The Morgan fingerprint density at radius 3 is 3.06 bits per heavy atom. The number of fused-ring (bicyclic) bond motifs is 3. The summed E-state index contributed by atoms with van der Waals surface area (Å²) in [6, 6.07) is 7.94. The predicted octanol–water partition coefficient (Wildman–Crippen LogP) is 1.91. The van der Waals surface area contributed by atoms with E-state index in [1.54, 1.807) is 7.11 Å². The van der Waals surface area contributed by atoms with E-state index < -0.39 is 5.97 Å². The molecule has 1 N–H and O–H groups in total. The van der Waals surface area contributed by atoms with Crippen molar-refractivity contribution in [3.8, 4) is 5.75 Å². The highest BCUT2D eigenvalue weighted by Gasteiger charge is 2.29. The molecule has 3 rings (SSSR count). The van der Waals surface area contributed by atoms with Crippen molar-refractivity contribution in [2.75, 3.05) is 7.11 Å². The van der Waals surface area contributed by atoms with E-state index >= 15 is 0 Å². The summed E-state index contributed by atoms with van der Waals surface area (Å²) in [5.74, 6) is -0.226. The third-order valence-electron chi connectivity index (χ3n) is 3.40.